The Morgan fingerprint density at radius 1 is 0.769 bits per heavy atom. The number of halogens is 1. The van der Waals surface area contributed by atoms with E-state index in [1.165, 1.54) is 0 Å². The zero-order chi connectivity index (χ0) is 19.8. The van der Waals surface area contributed by atoms with Gasteiger partial charge in [0.05, 0.1) is 34.8 Å². The van der Waals surface area contributed by atoms with Crippen LogP contribution in [-0.2, 0) is 30.6 Å². The fourth-order valence-electron chi connectivity index (χ4n) is 1.78. The second-order valence-electron chi connectivity index (χ2n) is 5.11. The zero-order valence-electron chi connectivity index (χ0n) is 13.3. The third-order valence-electron chi connectivity index (χ3n) is 2.87. The predicted octanol–water partition coefficient (Wildman–Crippen LogP) is 1.97. The Balaban J connectivity index is 0.000000260. The monoisotopic (exact) mass is 411 g/mol. The molecule has 0 aliphatic heterocycles. The first-order chi connectivity index (χ1) is 12.0. The lowest BCUT2D eigenvalue weighted by Gasteiger charge is -1.97. The number of sulfonamides is 1. The molecule has 0 saturated carbocycles. The Morgan fingerprint density at radius 3 is 1.38 bits per heavy atom. The van der Waals surface area contributed by atoms with Gasteiger partial charge in [0, 0.05) is 10.7 Å². The molecular weight excluding hydrogens is 398 g/mol. The van der Waals surface area contributed by atoms with Crippen LogP contribution in [0, 0.1) is 22.7 Å². The second-order valence-corrected chi connectivity index (χ2v) is 9.50. The first-order valence-electron chi connectivity index (χ1n) is 6.93. The highest BCUT2D eigenvalue weighted by Crippen LogP contribution is 2.10. The van der Waals surface area contributed by atoms with E-state index in [1.54, 1.807) is 48.5 Å². The molecular formula is C16H14ClN3O4S2. The first kappa shape index (κ1) is 21.6. The maximum Gasteiger partial charge on any atom is 0.236 e. The SMILES string of the molecule is N#Cc1ccc(CS(=O)(=O)Cl)cc1.N#Cc1ccc(CS(N)(=O)=O)cc1. The molecule has 0 spiro atoms. The van der Waals surface area contributed by atoms with E-state index < -0.39 is 19.1 Å². The molecule has 2 aromatic rings. The van der Waals surface area contributed by atoms with Crippen molar-refractivity contribution in [3.05, 3.63) is 70.8 Å². The number of hydrogen-bond acceptors (Lipinski definition) is 6. The number of nitrogens with zero attached hydrogens (tertiary/aromatic N) is 2. The molecule has 0 aromatic heterocycles. The molecule has 0 bridgehead atoms. The Labute approximate surface area is 156 Å². The van der Waals surface area contributed by atoms with E-state index in [0.29, 0.717) is 22.3 Å². The number of rotatable bonds is 4. The molecule has 0 unspecified atom stereocenters. The number of nitriles is 2. The summed E-state index contributed by atoms with van der Waals surface area (Å²) in [6.45, 7) is 0. The standard InChI is InChI=1S/C8H6ClNO2S.C8H8N2O2S/c9-13(11,12)6-8-3-1-7(5-10)2-4-8;9-5-7-1-3-8(4-2-7)6-13(10,11)12/h1-4H,6H2;1-4H,6H2,(H2,10,11,12). The van der Waals surface area contributed by atoms with Crippen LogP contribution < -0.4 is 5.14 Å². The van der Waals surface area contributed by atoms with Crippen molar-refractivity contribution in [2.24, 2.45) is 5.14 Å². The van der Waals surface area contributed by atoms with E-state index in [4.69, 9.17) is 26.3 Å². The largest absolute Gasteiger partial charge is 0.236 e. The first-order valence-corrected chi connectivity index (χ1v) is 11.1. The van der Waals surface area contributed by atoms with Gasteiger partial charge in [-0.1, -0.05) is 24.3 Å². The van der Waals surface area contributed by atoms with Crippen LogP contribution in [0.1, 0.15) is 22.3 Å². The third-order valence-corrected chi connectivity index (χ3v) is 4.61. The van der Waals surface area contributed by atoms with Crippen LogP contribution in [0.3, 0.4) is 0 Å². The Morgan fingerprint density at radius 2 is 1.12 bits per heavy atom. The van der Waals surface area contributed by atoms with E-state index in [-0.39, 0.29) is 11.5 Å². The lowest BCUT2D eigenvalue weighted by atomic mass is 10.2. The highest BCUT2D eigenvalue weighted by molar-refractivity contribution is 8.13. The molecule has 0 heterocycles. The summed E-state index contributed by atoms with van der Waals surface area (Å²) in [6, 6.07) is 16.4. The molecule has 2 rings (SSSR count). The number of primary sulfonamides is 1. The van der Waals surface area contributed by atoms with Gasteiger partial charge < -0.3 is 0 Å². The highest BCUT2D eigenvalue weighted by atomic mass is 35.7. The van der Waals surface area contributed by atoms with Crippen LogP contribution >= 0.6 is 10.7 Å². The Kier molecular flexibility index (Phi) is 7.75. The van der Waals surface area contributed by atoms with Gasteiger partial charge in [-0.2, -0.15) is 10.5 Å². The summed E-state index contributed by atoms with van der Waals surface area (Å²) in [5.74, 6) is -0.404. The summed E-state index contributed by atoms with van der Waals surface area (Å²) in [5.41, 5.74) is 2.16. The summed E-state index contributed by atoms with van der Waals surface area (Å²) in [5, 5.41) is 21.8. The maximum atomic E-state index is 10.7. The van der Waals surface area contributed by atoms with Crippen molar-refractivity contribution in [1.29, 1.82) is 10.5 Å². The minimum Gasteiger partial charge on any atom is -0.228 e. The molecule has 7 nitrogen and oxygen atoms in total. The molecule has 0 aliphatic rings. The minimum absolute atomic E-state index is 0.196. The quantitative estimate of drug-likeness (QED) is 0.762. The lowest BCUT2D eigenvalue weighted by molar-refractivity contribution is 0.596. The van der Waals surface area contributed by atoms with Crippen molar-refractivity contribution < 1.29 is 16.8 Å². The van der Waals surface area contributed by atoms with E-state index in [9.17, 15) is 16.8 Å². The summed E-state index contributed by atoms with van der Waals surface area (Å²) < 4.78 is 42.6. The van der Waals surface area contributed by atoms with Gasteiger partial charge in [-0.3, -0.25) is 0 Å². The molecule has 0 saturated heterocycles. The molecule has 136 valence electrons. The Bertz CT molecular complexity index is 947. The van der Waals surface area contributed by atoms with E-state index in [2.05, 4.69) is 0 Å². The normalized spacial score (nSPS) is 10.8. The molecule has 0 amide bonds. The predicted molar refractivity (Wildman–Crippen MR) is 97.6 cm³/mol. The van der Waals surface area contributed by atoms with Crippen molar-refractivity contribution in [3.8, 4) is 12.1 Å². The smallest absolute Gasteiger partial charge is 0.228 e. The van der Waals surface area contributed by atoms with Crippen LogP contribution in [0.25, 0.3) is 0 Å². The highest BCUT2D eigenvalue weighted by Gasteiger charge is 2.06. The van der Waals surface area contributed by atoms with E-state index in [1.807, 2.05) is 12.1 Å². The molecule has 0 aliphatic carbocycles. The van der Waals surface area contributed by atoms with Gasteiger partial charge in [-0.25, -0.2) is 22.0 Å². The van der Waals surface area contributed by atoms with Gasteiger partial charge in [0.1, 0.15) is 0 Å². The molecule has 10 heteroatoms. The summed E-state index contributed by atoms with van der Waals surface area (Å²) in [4.78, 5) is 0. The van der Waals surface area contributed by atoms with Crippen LogP contribution in [0.15, 0.2) is 48.5 Å². The van der Waals surface area contributed by atoms with Gasteiger partial charge in [-0.05, 0) is 35.4 Å². The molecule has 2 N–H and O–H groups in total. The summed E-state index contributed by atoms with van der Waals surface area (Å²) >= 11 is 0. The van der Waals surface area contributed by atoms with Gasteiger partial charge in [0.25, 0.3) is 0 Å². The van der Waals surface area contributed by atoms with Crippen LogP contribution in [0.2, 0.25) is 0 Å². The zero-order valence-corrected chi connectivity index (χ0v) is 15.7. The van der Waals surface area contributed by atoms with Crippen molar-refractivity contribution in [2.75, 3.05) is 0 Å². The van der Waals surface area contributed by atoms with Gasteiger partial charge >= 0.3 is 0 Å². The molecule has 0 fully saturated rings. The minimum atomic E-state index is -3.51. The van der Waals surface area contributed by atoms with Crippen LogP contribution in [0.5, 0.6) is 0 Å². The fourth-order valence-corrected chi connectivity index (χ4v) is 3.41. The Hall–Kier alpha value is -2.43. The van der Waals surface area contributed by atoms with Crippen molar-refractivity contribution >= 4 is 29.8 Å². The maximum absolute atomic E-state index is 10.7. The number of hydrogen-bond donors (Lipinski definition) is 1. The van der Waals surface area contributed by atoms with E-state index >= 15 is 0 Å². The molecule has 0 radical (unpaired) electrons. The van der Waals surface area contributed by atoms with Crippen molar-refractivity contribution in [2.45, 2.75) is 11.5 Å². The van der Waals surface area contributed by atoms with Crippen molar-refractivity contribution in [1.82, 2.24) is 0 Å². The number of benzene rings is 2. The summed E-state index contributed by atoms with van der Waals surface area (Å²) in [6.07, 6.45) is 0. The van der Waals surface area contributed by atoms with Crippen molar-refractivity contribution in [3.63, 3.8) is 0 Å². The second kappa shape index (κ2) is 9.32. The van der Waals surface area contributed by atoms with E-state index in [0.717, 1.165) is 0 Å². The molecule has 0 atom stereocenters. The molecule has 2 aromatic carbocycles. The fraction of sp³-hybridized carbons (Fsp3) is 0.125. The lowest BCUT2D eigenvalue weighted by Crippen LogP contribution is -2.14. The van der Waals surface area contributed by atoms with Gasteiger partial charge in [0.2, 0.25) is 19.1 Å². The topological polar surface area (TPSA) is 142 Å². The van der Waals surface area contributed by atoms with Crippen LogP contribution in [-0.4, -0.2) is 16.8 Å². The molecule has 26 heavy (non-hydrogen) atoms. The average molecular weight is 412 g/mol. The summed E-state index contributed by atoms with van der Waals surface area (Å²) in [7, 11) is -1.94. The number of nitrogens with two attached hydrogens (primary N) is 1. The third kappa shape index (κ3) is 9.16. The van der Waals surface area contributed by atoms with Gasteiger partial charge in [0.15, 0.2) is 0 Å². The van der Waals surface area contributed by atoms with Crippen LogP contribution in [0.4, 0.5) is 0 Å². The van der Waals surface area contributed by atoms with Gasteiger partial charge in [-0.15, -0.1) is 0 Å². The average Bonchev–Trinajstić information content (AvgIpc) is 2.54.